The van der Waals surface area contributed by atoms with Crippen molar-refractivity contribution in [3.05, 3.63) is 120 Å². The van der Waals surface area contributed by atoms with Crippen LogP contribution in [0, 0.1) is 11.7 Å². The zero-order chi connectivity index (χ0) is 27.8. The number of carbonyl (C=O) groups excluding carboxylic acids is 3. The lowest BCUT2D eigenvalue weighted by Gasteiger charge is -2.29. The molecule has 200 valence electrons. The van der Waals surface area contributed by atoms with Crippen molar-refractivity contribution in [2.75, 3.05) is 17.1 Å². The van der Waals surface area contributed by atoms with Gasteiger partial charge in [0.2, 0.25) is 5.91 Å². The van der Waals surface area contributed by atoms with E-state index in [4.69, 9.17) is 14.3 Å². The Bertz CT molecular complexity index is 1580. The van der Waals surface area contributed by atoms with Crippen LogP contribution in [0.1, 0.15) is 22.0 Å². The van der Waals surface area contributed by atoms with Crippen molar-refractivity contribution < 1.29 is 33.1 Å². The molecule has 9 heteroatoms. The Hall–Kier alpha value is -5.02. The molecule has 2 heterocycles. The summed E-state index contributed by atoms with van der Waals surface area (Å²) in [5.74, 6) is -2.44. The van der Waals surface area contributed by atoms with Gasteiger partial charge < -0.3 is 9.47 Å². The van der Waals surface area contributed by atoms with Crippen molar-refractivity contribution >= 4 is 29.2 Å². The number of carbonyl (C=O) groups is 3. The Morgan fingerprint density at radius 1 is 0.800 bits per heavy atom. The maximum Gasteiger partial charge on any atom is 0.343 e. The topological polar surface area (TPSA) is 85.4 Å². The number of imide groups is 1. The van der Waals surface area contributed by atoms with Crippen LogP contribution in [0.4, 0.5) is 15.8 Å². The van der Waals surface area contributed by atoms with Crippen LogP contribution in [0.25, 0.3) is 0 Å². The van der Waals surface area contributed by atoms with Gasteiger partial charge in [0.15, 0.2) is 17.6 Å². The van der Waals surface area contributed by atoms with E-state index in [9.17, 15) is 18.8 Å². The van der Waals surface area contributed by atoms with Crippen LogP contribution in [0.5, 0.6) is 11.5 Å². The van der Waals surface area contributed by atoms with Crippen LogP contribution in [-0.4, -0.2) is 31.0 Å². The molecule has 0 unspecified atom stereocenters. The summed E-state index contributed by atoms with van der Waals surface area (Å²) in [6.45, 7) is 0. The monoisotopic (exact) mass is 538 g/mol. The molecule has 0 aromatic heterocycles. The fourth-order valence-corrected chi connectivity index (χ4v) is 5.08. The summed E-state index contributed by atoms with van der Waals surface area (Å²) in [7, 11) is 1.43. The van der Waals surface area contributed by atoms with Crippen molar-refractivity contribution in [3.8, 4) is 11.5 Å². The predicted octanol–water partition coefficient (Wildman–Crippen LogP) is 5.10. The molecule has 2 amide bonds. The zero-order valence-corrected chi connectivity index (χ0v) is 21.3. The summed E-state index contributed by atoms with van der Waals surface area (Å²) in [5, 5.41) is 1.58. The maximum atomic E-state index is 13.8. The molecule has 2 aliphatic rings. The fraction of sp³-hybridized carbons (Fsp3) is 0.129. The molecule has 2 aliphatic heterocycles. The van der Waals surface area contributed by atoms with E-state index in [-0.39, 0.29) is 23.0 Å². The largest absolute Gasteiger partial charge is 0.493 e. The van der Waals surface area contributed by atoms with Gasteiger partial charge in [0.1, 0.15) is 11.7 Å². The smallest absolute Gasteiger partial charge is 0.343 e. The van der Waals surface area contributed by atoms with Crippen LogP contribution >= 0.6 is 0 Å². The standard InChI is InChI=1S/C31H23FN2O6/c1-38-25-18-20(14-17-24(25)39-31(37)19-12-15-21(32)16-13-19)27-26-28(40-34(27)23-10-6-3-7-11-23)30(36)33(29(26)35)22-8-4-2-5-9-22/h2-18,26-28H,1H3/t26-,27+,28+/m1/s1. The van der Waals surface area contributed by atoms with Gasteiger partial charge in [0, 0.05) is 0 Å². The molecule has 4 aromatic rings. The maximum absolute atomic E-state index is 13.8. The molecular formula is C31H23FN2O6. The zero-order valence-electron chi connectivity index (χ0n) is 21.3. The Balaban J connectivity index is 1.37. The number of esters is 1. The van der Waals surface area contributed by atoms with Crippen molar-refractivity contribution in [1.82, 2.24) is 0 Å². The lowest BCUT2D eigenvalue weighted by Crippen LogP contribution is -2.37. The number of para-hydroxylation sites is 2. The average molecular weight is 539 g/mol. The molecule has 4 aromatic carbocycles. The number of hydrogen-bond acceptors (Lipinski definition) is 7. The number of benzene rings is 4. The van der Waals surface area contributed by atoms with Crippen LogP contribution in [0.3, 0.4) is 0 Å². The summed E-state index contributed by atoms with van der Waals surface area (Å²) in [6, 6.07) is 27.1. The number of hydroxylamine groups is 1. The predicted molar refractivity (Wildman–Crippen MR) is 143 cm³/mol. The lowest BCUT2D eigenvalue weighted by atomic mass is 9.90. The van der Waals surface area contributed by atoms with Crippen molar-refractivity contribution in [2.45, 2.75) is 12.1 Å². The Morgan fingerprint density at radius 2 is 1.45 bits per heavy atom. The first-order valence-corrected chi connectivity index (χ1v) is 12.6. The molecule has 0 bridgehead atoms. The third-order valence-electron chi connectivity index (χ3n) is 6.95. The molecule has 0 N–H and O–H groups in total. The molecule has 40 heavy (non-hydrogen) atoms. The molecule has 3 atom stereocenters. The second kappa shape index (κ2) is 10.3. The van der Waals surface area contributed by atoms with E-state index >= 15 is 0 Å². The minimum absolute atomic E-state index is 0.141. The van der Waals surface area contributed by atoms with Gasteiger partial charge in [-0.25, -0.2) is 19.1 Å². The van der Waals surface area contributed by atoms with Gasteiger partial charge in [-0.1, -0.05) is 42.5 Å². The van der Waals surface area contributed by atoms with E-state index in [2.05, 4.69) is 0 Å². The van der Waals surface area contributed by atoms with Gasteiger partial charge in [-0.05, 0) is 66.2 Å². The van der Waals surface area contributed by atoms with Gasteiger partial charge in [-0.3, -0.25) is 14.4 Å². The van der Waals surface area contributed by atoms with Gasteiger partial charge in [0.25, 0.3) is 5.91 Å². The SMILES string of the molecule is COc1cc([C@H]2[C@H]3C(=O)N(c4ccccc4)C(=O)[C@H]3ON2c2ccccc2)ccc1OC(=O)c1ccc(F)cc1. The van der Waals surface area contributed by atoms with Crippen LogP contribution < -0.4 is 19.4 Å². The molecule has 6 rings (SSSR count). The molecule has 0 aliphatic carbocycles. The van der Waals surface area contributed by atoms with E-state index in [0.717, 1.165) is 0 Å². The van der Waals surface area contributed by atoms with Crippen molar-refractivity contribution in [2.24, 2.45) is 5.92 Å². The number of nitrogens with zero attached hydrogens (tertiary/aromatic N) is 2. The number of hydrogen-bond donors (Lipinski definition) is 0. The third kappa shape index (κ3) is 4.36. The minimum atomic E-state index is -1.03. The summed E-state index contributed by atoms with van der Waals surface area (Å²) in [4.78, 5) is 47.2. The Kier molecular flexibility index (Phi) is 6.49. The van der Waals surface area contributed by atoms with Crippen LogP contribution in [-0.2, 0) is 14.4 Å². The number of amides is 2. The molecule has 0 spiro atoms. The van der Waals surface area contributed by atoms with Crippen molar-refractivity contribution in [3.63, 3.8) is 0 Å². The van der Waals surface area contributed by atoms with Crippen LogP contribution in [0.2, 0.25) is 0 Å². The highest BCUT2D eigenvalue weighted by Gasteiger charge is 2.60. The second-order valence-electron chi connectivity index (χ2n) is 9.31. The minimum Gasteiger partial charge on any atom is -0.493 e. The summed E-state index contributed by atoms with van der Waals surface area (Å²) < 4.78 is 24.3. The first-order valence-electron chi connectivity index (χ1n) is 12.6. The molecule has 2 fully saturated rings. The normalized spacial score (nSPS) is 20.0. The molecule has 0 saturated carbocycles. The molecule has 0 radical (unpaired) electrons. The van der Waals surface area contributed by atoms with Gasteiger partial charge >= 0.3 is 5.97 Å². The van der Waals surface area contributed by atoms with Gasteiger partial charge in [-0.2, -0.15) is 0 Å². The van der Waals surface area contributed by atoms with E-state index < -0.39 is 35.8 Å². The average Bonchev–Trinajstić information content (AvgIpc) is 3.50. The number of rotatable bonds is 6. The van der Waals surface area contributed by atoms with E-state index in [1.54, 1.807) is 47.5 Å². The number of halogens is 1. The highest BCUT2D eigenvalue weighted by atomic mass is 19.1. The fourth-order valence-electron chi connectivity index (χ4n) is 5.08. The number of fused-ring (bicyclic) bond motifs is 1. The lowest BCUT2D eigenvalue weighted by molar-refractivity contribution is -0.126. The summed E-state index contributed by atoms with van der Waals surface area (Å²) >= 11 is 0. The first-order chi connectivity index (χ1) is 19.5. The molecular weight excluding hydrogens is 515 g/mol. The van der Waals surface area contributed by atoms with Gasteiger partial charge in [-0.15, -0.1) is 0 Å². The quantitative estimate of drug-likeness (QED) is 0.192. The number of methoxy groups -OCH3 is 1. The Morgan fingerprint density at radius 3 is 2.10 bits per heavy atom. The second-order valence-corrected chi connectivity index (χ2v) is 9.31. The van der Waals surface area contributed by atoms with Crippen molar-refractivity contribution in [1.29, 1.82) is 0 Å². The van der Waals surface area contributed by atoms with E-state index in [1.165, 1.54) is 36.3 Å². The third-order valence-corrected chi connectivity index (χ3v) is 6.95. The number of anilines is 2. The first kappa shape index (κ1) is 25.3. The number of ether oxygens (including phenoxy) is 2. The highest BCUT2D eigenvalue weighted by molar-refractivity contribution is 6.23. The molecule has 8 nitrogen and oxygen atoms in total. The van der Waals surface area contributed by atoms with E-state index in [1.807, 2.05) is 36.4 Å². The highest BCUT2D eigenvalue weighted by Crippen LogP contribution is 2.48. The van der Waals surface area contributed by atoms with Crippen LogP contribution in [0.15, 0.2) is 103 Å². The molecule has 2 saturated heterocycles. The van der Waals surface area contributed by atoms with E-state index in [0.29, 0.717) is 16.9 Å². The Labute approximate surface area is 229 Å². The summed E-state index contributed by atoms with van der Waals surface area (Å²) in [5.41, 5.74) is 1.93. The summed E-state index contributed by atoms with van der Waals surface area (Å²) in [6.07, 6.45) is -1.03. The van der Waals surface area contributed by atoms with Gasteiger partial charge in [0.05, 0.1) is 30.1 Å².